The molecule has 0 bridgehead atoms. The standard InChI is InChI=1S/C47H52N8O9/c1-3-42(58)52-18-20-53(21-19-52)43-36-14-17-54(40-25-31(56)24-30-6-4-5-7-34(30)40)28-38(36)48-47(50-43)64-29(2)27-51-15-12-32(13-16-51)62-22-23-63-33-8-9-35-37(26-33)46(61)55(45(35)60)39-10-11-41(57)49-44(39)59/h3-9,24-26,29,32,39,56H,1,10-23,27-28H2,2H3,(H,49,57,59)/t29-,39?/m1/s1. The molecule has 0 saturated carbocycles. The topological polar surface area (TPSA) is 187 Å². The van der Waals surface area contributed by atoms with Crippen molar-refractivity contribution in [3.8, 4) is 17.5 Å². The molecule has 4 aromatic rings. The molecule has 334 valence electrons. The molecule has 64 heavy (non-hydrogen) atoms. The smallest absolute Gasteiger partial charge is 0.318 e. The van der Waals surface area contributed by atoms with Gasteiger partial charge in [0.15, 0.2) is 0 Å². The first-order valence-corrected chi connectivity index (χ1v) is 22.0. The second-order valence-electron chi connectivity index (χ2n) is 16.9. The van der Waals surface area contributed by atoms with Crippen molar-refractivity contribution < 1.29 is 43.3 Å². The normalized spacial score (nSPS) is 20.0. The number of nitrogens with one attached hydrogen (secondary N) is 1. The number of anilines is 2. The van der Waals surface area contributed by atoms with E-state index in [4.69, 9.17) is 24.2 Å². The van der Waals surface area contributed by atoms with Crippen LogP contribution in [0.3, 0.4) is 0 Å². The minimum absolute atomic E-state index is 0.0535. The van der Waals surface area contributed by atoms with Gasteiger partial charge in [-0.2, -0.15) is 9.97 Å². The fourth-order valence-corrected chi connectivity index (χ4v) is 9.47. The molecule has 17 nitrogen and oxygen atoms in total. The zero-order valence-electron chi connectivity index (χ0n) is 35.9. The lowest BCUT2D eigenvalue weighted by atomic mass is 10.0. The Morgan fingerprint density at radius 1 is 0.891 bits per heavy atom. The van der Waals surface area contributed by atoms with Crippen molar-refractivity contribution in [2.24, 2.45) is 0 Å². The number of ether oxygens (including phenoxy) is 3. The molecule has 3 saturated heterocycles. The molecule has 1 unspecified atom stereocenters. The van der Waals surface area contributed by atoms with Crippen LogP contribution in [0, 0.1) is 0 Å². The van der Waals surface area contributed by atoms with Gasteiger partial charge in [0.25, 0.3) is 11.8 Å². The minimum Gasteiger partial charge on any atom is -0.508 e. The maximum absolute atomic E-state index is 13.2. The van der Waals surface area contributed by atoms with Gasteiger partial charge in [-0.05, 0) is 68.3 Å². The van der Waals surface area contributed by atoms with Crippen molar-refractivity contribution in [2.75, 3.05) is 75.4 Å². The van der Waals surface area contributed by atoms with Crippen LogP contribution in [0.2, 0.25) is 0 Å². The van der Waals surface area contributed by atoms with Gasteiger partial charge < -0.3 is 34.0 Å². The second-order valence-corrected chi connectivity index (χ2v) is 16.9. The molecule has 6 heterocycles. The SMILES string of the molecule is C=CC(=O)N1CCN(c2nc(O[C@H](C)CN3CCC(OCCOc4ccc5c(c4)C(=O)N(C4CCC(=O)NC4=O)C5=O)CC3)nc3c2CCN(c2cc(O)cc4ccccc24)C3)CC1. The van der Waals surface area contributed by atoms with Gasteiger partial charge in [-0.1, -0.05) is 30.8 Å². The predicted octanol–water partition coefficient (Wildman–Crippen LogP) is 3.46. The van der Waals surface area contributed by atoms with E-state index in [2.05, 4.69) is 32.7 Å². The van der Waals surface area contributed by atoms with E-state index in [1.165, 1.54) is 18.2 Å². The highest BCUT2D eigenvalue weighted by atomic mass is 16.5. The number of benzene rings is 3. The van der Waals surface area contributed by atoms with Crippen LogP contribution < -0.4 is 24.6 Å². The predicted molar refractivity (Wildman–Crippen MR) is 236 cm³/mol. The number of piperazine rings is 1. The van der Waals surface area contributed by atoms with E-state index in [9.17, 15) is 29.1 Å². The summed E-state index contributed by atoms with van der Waals surface area (Å²) in [5.41, 5.74) is 3.28. The molecule has 2 N–H and O–H groups in total. The maximum atomic E-state index is 13.2. The third-order valence-electron chi connectivity index (χ3n) is 12.7. The number of rotatable bonds is 13. The lowest BCUT2D eigenvalue weighted by molar-refractivity contribution is -0.136. The summed E-state index contributed by atoms with van der Waals surface area (Å²) in [5.74, 6) is -0.812. The molecule has 17 heteroatoms. The van der Waals surface area contributed by atoms with E-state index in [0.29, 0.717) is 64.1 Å². The fraction of sp³-hybridized carbons (Fsp3) is 0.426. The van der Waals surface area contributed by atoms with Gasteiger partial charge in [-0.25, -0.2) is 0 Å². The highest BCUT2D eigenvalue weighted by Crippen LogP contribution is 2.37. The molecular weight excluding hydrogens is 821 g/mol. The van der Waals surface area contributed by atoms with Crippen LogP contribution in [0.5, 0.6) is 17.5 Å². The van der Waals surface area contributed by atoms with Gasteiger partial charge in [0.1, 0.15) is 36.1 Å². The number of imide groups is 2. The Kier molecular flexibility index (Phi) is 12.2. The van der Waals surface area contributed by atoms with E-state index >= 15 is 0 Å². The summed E-state index contributed by atoms with van der Waals surface area (Å²) in [6.45, 7) is 12.2. The Morgan fingerprint density at radius 2 is 1.67 bits per heavy atom. The third-order valence-corrected chi connectivity index (χ3v) is 12.7. The fourth-order valence-electron chi connectivity index (χ4n) is 9.47. The molecular formula is C47H52N8O9. The number of fused-ring (bicyclic) bond motifs is 3. The van der Waals surface area contributed by atoms with Crippen molar-refractivity contribution in [1.82, 2.24) is 30.0 Å². The quantitative estimate of drug-likeness (QED) is 0.113. The Morgan fingerprint density at radius 3 is 2.45 bits per heavy atom. The lowest BCUT2D eigenvalue weighted by Gasteiger charge is -2.38. The number of carbonyl (C=O) groups excluding carboxylic acids is 5. The van der Waals surface area contributed by atoms with Crippen LogP contribution in [0.25, 0.3) is 10.8 Å². The summed E-state index contributed by atoms with van der Waals surface area (Å²) < 4.78 is 18.6. The molecule has 3 aromatic carbocycles. The van der Waals surface area contributed by atoms with E-state index < -0.39 is 29.7 Å². The van der Waals surface area contributed by atoms with Gasteiger partial charge in [0.2, 0.25) is 17.7 Å². The highest BCUT2D eigenvalue weighted by molar-refractivity contribution is 6.23. The molecule has 0 spiro atoms. The van der Waals surface area contributed by atoms with Crippen LogP contribution in [-0.2, 0) is 32.1 Å². The van der Waals surface area contributed by atoms with E-state index in [1.807, 2.05) is 31.2 Å². The summed E-state index contributed by atoms with van der Waals surface area (Å²) in [5, 5.41) is 14.9. The first-order chi connectivity index (χ1) is 31.0. The average molecular weight is 873 g/mol. The number of hydrogen-bond acceptors (Lipinski definition) is 14. The zero-order chi connectivity index (χ0) is 44.5. The Labute approximate surface area is 370 Å². The van der Waals surface area contributed by atoms with Crippen LogP contribution >= 0.6 is 0 Å². The molecule has 5 amide bonds. The molecule has 2 atom stereocenters. The number of aromatic hydroxyl groups is 1. The van der Waals surface area contributed by atoms with E-state index in [0.717, 1.165) is 70.9 Å². The molecule has 5 aliphatic heterocycles. The van der Waals surface area contributed by atoms with Gasteiger partial charge in [0.05, 0.1) is 36.1 Å². The summed E-state index contributed by atoms with van der Waals surface area (Å²) in [4.78, 5) is 82.2. The Bertz CT molecular complexity index is 2500. The number of nitrogens with zero attached hydrogens (tertiary/aromatic N) is 7. The summed E-state index contributed by atoms with van der Waals surface area (Å²) in [7, 11) is 0. The molecule has 1 aromatic heterocycles. The number of piperidine rings is 2. The molecule has 5 aliphatic rings. The largest absolute Gasteiger partial charge is 0.508 e. The van der Waals surface area contributed by atoms with E-state index in [-0.39, 0.29) is 54.4 Å². The molecule has 0 radical (unpaired) electrons. The number of phenols is 1. The number of hydrogen-bond donors (Lipinski definition) is 2. The highest BCUT2D eigenvalue weighted by Gasteiger charge is 2.45. The molecule has 9 rings (SSSR count). The number of carbonyl (C=O) groups is 5. The number of aromatic nitrogens is 2. The Balaban J connectivity index is 0.785. The zero-order valence-corrected chi connectivity index (χ0v) is 35.9. The average Bonchev–Trinajstić information content (AvgIpc) is 3.54. The van der Waals surface area contributed by atoms with Crippen molar-refractivity contribution in [1.29, 1.82) is 0 Å². The van der Waals surface area contributed by atoms with Gasteiger partial charge in [-0.15, -0.1) is 0 Å². The minimum atomic E-state index is -1.02. The first kappa shape index (κ1) is 42.7. The van der Waals surface area contributed by atoms with Crippen molar-refractivity contribution in [2.45, 2.75) is 63.8 Å². The van der Waals surface area contributed by atoms with Crippen LogP contribution in [0.4, 0.5) is 11.5 Å². The van der Waals surface area contributed by atoms with Crippen molar-refractivity contribution in [3.63, 3.8) is 0 Å². The monoisotopic (exact) mass is 872 g/mol. The van der Waals surface area contributed by atoms with Gasteiger partial charge in [-0.3, -0.25) is 39.1 Å². The van der Waals surface area contributed by atoms with Crippen LogP contribution in [0.1, 0.15) is 64.6 Å². The maximum Gasteiger partial charge on any atom is 0.318 e. The molecule has 3 fully saturated rings. The van der Waals surface area contributed by atoms with Crippen LogP contribution in [0.15, 0.2) is 67.3 Å². The first-order valence-electron chi connectivity index (χ1n) is 22.0. The van der Waals surface area contributed by atoms with Gasteiger partial charge >= 0.3 is 6.01 Å². The van der Waals surface area contributed by atoms with Crippen LogP contribution in [-0.4, -0.2) is 143 Å². The number of amides is 5. The van der Waals surface area contributed by atoms with Gasteiger partial charge in [0, 0.05) is 81.5 Å². The number of phenolic OH excluding ortho intramolecular Hbond substituents is 1. The second kappa shape index (κ2) is 18.3. The third kappa shape index (κ3) is 8.82. The summed E-state index contributed by atoms with van der Waals surface area (Å²) in [6, 6.07) is 15.6. The summed E-state index contributed by atoms with van der Waals surface area (Å²) in [6.07, 6.45) is 3.73. The lowest BCUT2D eigenvalue weighted by Crippen LogP contribution is -2.54. The van der Waals surface area contributed by atoms with Crippen molar-refractivity contribution in [3.05, 3.63) is 89.6 Å². The molecule has 0 aliphatic carbocycles. The van der Waals surface area contributed by atoms with Crippen molar-refractivity contribution >= 4 is 51.8 Å². The number of likely N-dealkylation sites (tertiary alicyclic amines) is 1. The van der Waals surface area contributed by atoms with E-state index in [1.54, 1.807) is 17.0 Å². The Hall–Kier alpha value is -6.59. The summed E-state index contributed by atoms with van der Waals surface area (Å²) >= 11 is 0.